The zero-order chi connectivity index (χ0) is 27.4. The molecule has 0 bridgehead atoms. The molecule has 2 heterocycles. The minimum absolute atomic E-state index is 0.0256. The molecule has 0 atom stereocenters. The lowest BCUT2D eigenvalue weighted by molar-refractivity contribution is -0.137. The van der Waals surface area contributed by atoms with Crippen LogP contribution in [0.1, 0.15) is 24.2 Å². The number of furan rings is 1. The number of pyridine rings is 1. The SMILES string of the molecule is CN(CCCC(=O)CSc1c(-c2cc(Cl)ccc2O)c2cc(C(F)(F)F)ccc2[nH]c1=O)Cc1ccco1. The Labute approximate surface area is 225 Å². The molecule has 0 saturated carbocycles. The second-order valence-corrected chi connectivity index (χ2v) is 10.2. The first kappa shape index (κ1) is 27.8. The van der Waals surface area contributed by atoms with Crippen LogP contribution in [0.15, 0.2) is 68.9 Å². The number of aromatic nitrogens is 1. The Balaban J connectivity index is 1.60. The average Bonchev–Trinajstić information content (AvgIpc) is 3.36. The van der Waals surface area contributed by atoms with Gasteiger partial charge in [0.15, 0.2) is 0 Å². The van der Waals surface area contributed by atoms with Gasteiger partial charge in [-0.1, -0.05) is 11.6 Å². The summed E-state index contributed by atoms with van der Waals surface area (Å²) in [6.45, 7) is 1.25. The van der Waals surface area contributed by atoms with E-state index in [1.807, 2.05) is 18.0 Å². The molecule has 0 fully saturated rings. The Morgan fingerprint density at radius 1 is 1.18 bits per heavy atom. The minimum Gasteiger partial charge on any atom is -0.507 e. The van der Waals surface area contributed by atoms with Crippen molar-refractivity contribution >= 4 is 40.0 Å². The Hall–Kier alpha value is -3.21. The summed E-state index contributed by atoms with van der Waals surface area (Å²) in [5.74, 6) is 0.372. The van der Waals surface area contributed by atoms with Gasteiger partial charge in [0.1, 0.15) is 17.3 Å². The quantitative estimate of drug-likeness (QED) is 0.207. The van der Waals surface area contributed by atoms with Crippen LogP contribution < -0.4 is 5.56 Å². The molecule has 6 nitrogen and oxygen atoms in total. The molecule has 4 rings (SSSR count). The van der Waals surface area contributed by atoms with Crippen molar-refractivity contribution in [2.24, 2.45) is 0 Å². The molecule has 0 aliphatic rings. The van der Waals surface area contributed by atoms with Gasteiger partial charge in [-0.15, -0.1) is 11.8 Å². The number of thioether (sulfide) groups is 1. The summed E-state index contributed by atoms with van der Waals surface area (Å²) >= 11 is 7.05. The van der Waals surface area contributed by atoms with Crippen LogP contribution in [0.4, 0.5) is 13.2 Å². The number of hydrogen-bond acceptors (Lipinski definition) is 6. The second-order valence-electron chi connectivity index (χ2n) is 8.83. The molecule has 200 valence electrons. The predicted octanol–water partition coefficient (Wildman–Crippen LogP) is 6.74. The number of phenols is 1. The van der Waals surface area contributed by atoms with Crippen LogP contribution >= 0.6 is 23.4 Å². The van der Waals surface area contributed by atoms with Crippen molar-refractivity contribution in [3.8, 4) is 16.9 Å². The fourth-order valence-electron chi connectivity index (χ4n) is 4.08. The number of rotatable bonds is 10. The maximum atomic E-state index is 13.5. The highest BCUT2D eigenvalue weighted by atomic mass is 35.5. The molecule has 0 aliphatic carbocycles. The highest BCUT2D eigenvalue weighted by Crippen LogP contribution is 2.42. The maximum absolute atomic E-state index is 13.5. The first-order valence-corrected chi connectivity index (χ1v) is 13.0. The number of nitrogens with zero attached hydrogens (tertiary/aromatic N) is 1. The molecule has 38 heavy (non-hydrogen) atoms. The number of hydrogen-bond donors (Lipinski definition) is 2. The van der Waals surface area contributed by atoms with Crippen LogP contribution in [0.2, 0.25) is 5.02 Å². The molecule has 0 radical (unpaired) electrons. The van der Waals surface area contributed by atoms with Gasteiger partial charge in [0.25, 0.3) is 5.56 Å². The molecular weight excluding hydrogens is 541 g/mol. The molecule has 0 spiro atoms. The van der Waals surface area contributed by atoms with E-state index in [-0.39, 0.29) is 55.7 Å². The number of carbonyl (C=O) groups excluding carboxylic acids is 1. The van der Waals surface area contributed by atoms with E-state index in [2.05, 4.69) is 4.98 Å². The summed E-state index contributed by atoms with van der Waals surface area (Å²) in [6.07, 6.45) is -2.18. The van der Waals surface area contributed by atoms with Crippen molar-refractivity contribution in [1.82, 2.24) is 9.88 Å². The van der Waals surface area contributed by atoms with Gasteiger partial charge < -0.3 is 14.5 Å². The summed E-state index contributed by atoms with van der Waals surface area (Å²) < 4.78 is 45.8. The van der Waals surface area contributed by atoms with Crippen molar-refractivity contribution in [2.45, 2.75) is 30.5 Å². The zero-order valence-corrected chi connectivity index (χ0v) is 21.8. The summed E-state index contributed by atoms with van der Waals surface area (Å²) in [7, 11) is 1.91. The Kier molecular flexibility index (Phi) is 8.54. The van der Waals surface area contributed by atoms with Gasteiger partial charge in [-0.25, -0.2) is 0 Å². The number of nitrogens with one attached hydrogen (secondary N) is 1. The Bertz CT molecular complexity index is 1500. The third-order valence-electron chi connectivity index (χ3n) is 5.90. The van der Waals surface area contributed by atoms with Crippen LogP contribution in [0, 0.1) is 0 Å². The lowest BCUT2D eigenvalue weighted by atomic mass is 9.98. The summed E-state index contributed by atoms with van der Waals surface area (Å²) in [5.41, 5.74) is -1.14. The minimum atomic E-state index is -4.62. The molecule has 2 N–H and O–H groups in total. The summed E-state index contributed by atoms with van der Waals surface area (Å²) in [4.78, 5) is 30.3. The van der Waals surface area contributed by atoms with Crippen molar-refractivity contribution in [3.63, 3.8) is 0 Å². The van der Waals surface area contributed by atoms with E-state index in [9.17, 15) is 27.9 Å². The van der Waals surface area contributed by atoms with E-state index >= 15 is 0 Å². The molecule has 2 aromatic carbocycles. The Morgan fingerprint density at radius 3 is 2.68 bits per heavy atom. The number of aromatic amines is 1. The van der Waals surface area contributed by atoms with Gasteiger partial charge in [0.05, 0.1) is 29.0 Å². The Morgan fingerprint density at radius 2 is 1.97 bits per heavy atom. The second kappa shape index (κ2) is 11.7. The van der Waals surface area contributed by atoms with Gasteiger partial charge in [-0.3, -0.25) is 14.5 Å². The number of phenolic OH excluding ortho intramolecular Hbond substituents is 1. The number of alkyl halides is 3. The third kappa shape index (κ3) is 6.61. The maximum Gasteiger partial charge on any atom is 0.416 e. The number of carbonyl (C=O) groups is 1. The standard InChI is InChI=1S/C27H24ClF3N2O4S/c1-33(14-19-5-3-11-37-19)10-2-4-18(34)15-38-25-24(21-13-17(28)7-9-23(21)35)20-12-16(27(29,30)31)6-8-22(20)32-26(25)36/h3,5-9,11-13,35H,2,4,10,14-15H2,1H3,(H,32,36). The first-order valence-electron chi connectivity index (χ1n) is 11.6. The van der Waals surface area contributed by atoms with Gasteiger partial charge in [-0.05, 0) is 68.5 Å². The number of ketones is 1. The van der Waals surface area contributed by atoms with Crippen LogP contribution in [-0.2, 0) is 17.5 Å². The highest BCUT2D eigenvalue weighted by molar-refractivity contribution is 8.00. The number of Topliss-reactive ketones (excluding diaryl/α,β-unsaturated/α-hetero) is 1. The lowest BCUT2D eigenvalue weighted by Crippen LogP contribution is -2.20. The molecule has 0 amide bonds. The summed E-state index contributed by atoms with van der Waals surface area (Å²) in [6, 6.07) is 10.7. The topological polar surface area (TPSA) is 86.5 Å². The predicted molar refractivity (Wildman–Crippen MR) is 142 cm³/mol. The van der Waals surface area contributed by atoms with Crippen molar-refractivity contribution in [1.29, 1.82) is 0 Å². The van der Waals surface area contributed by atoms with Crippen LogP contribution in [0.5, 0.6) is 5.75 Å². The molecular formula is C27H24ClF3N2O4S. The van der Waals surface area contributed by atoms with E-state index in [1.165, 1.54) is 24.3 Å². The monoisotopic (exact) mass is 564 g/mol. The van der Waals surface area contributed by atoms with E-state index in [0.29, 0.717) is 19.5 Å². The number of fused-ring (bicyclic) bond motifs is 1. The van der Waals surface area contributed by atoms with Gasteiger partial charge >= 0.3 is 6.18 Å². The third-order valence-corrected chi connectivity index (χ3v) is 7.28. The van der Waals surface area contributed by atoms with Crippen LogP contribution in [0.25, 0.3) is 22.0 Å². The normalized spacial score (nSPS) is 11.9. The number of H-pyrrole nitrogens is 1. The zero-order valence-electron chi connectivity index (χ0n) is 20.3. The molecule has 4 aromatic rings. The van der Waals surface area contributed by atoms with E-state index in [1.54, 1.807) is 12.3 Å². The van der Waals surface area contributed by atoms with Crippen LogP contribution in [-0.4, -0.2) is 40.1 Å². The molecule has 0 aliphatic heterocycles. The van der Waals surface area contributed by atoms with Crippen LogP contribution in [0.3, 0.4) is 0 Å². The fraction of sp³-hybridized carbons (Fsp3) is 0.259. The molecule has 2 aromatic heterocycles. The fourth-order valence-corrected chi connectivity index (χ4v) is 5.25. The number of halogens is 4. The number of benzene rings is 2. The van der Waals surface area contributed by atoms with E-state index in [4.69, 9.17) is 16.0 Å². The van der Waals surface area contributed by atoms with Gasteiger partial charge in [-0.2, -0.15) is 13.2 Å². The first-order chi connectivity index (χ1) is 18.0. The lowest BCUT2D eigenvalue weighted by Gasteiger charge is -2.16. The largest absolute Gasteiger partial charge is 0.507 e. The summed E-state index contributed by atoms with van der Waals surface area (Å²) in [5, 5.41) is 10.9. The van der Waals surface area contributed by atoms with Gasteiger partial charge in [0, 0.05) is 33.5 Å². The number of aromatic hydroxyl groups is 1. The average molecular weight is 565 g/mol. The van der Waals surface area contributed by atoms with Gasteiger partial charge in [0.2, 0.25) is 0 Å². The molecule has 0 unspecified atom stereocenters. The molecule has 11 heteroatoms. The molecule has 0 saturated heterocycles. The van der Waals surface area contributed by atoms with E-state index < -0.39 is 17.3 Å². The van der Waals surface area contributed by atoms with Crippen molar-refractivity contribution in [3.05, 3.63) is 81.5 Å². The van der Waals surface area contributed by atoms with E-state index in [0.717, 1.165) is 29.7 Å². The smallest absolute Gasteiger partial charge is 0.416 e. The van der Waals surface area contributed by atoms with Crippen molar-refractivity contribution in [2.75, 3.05) is 19.3 Å². The highest BCUT2D eigenvalue weighted by Gasteiger charge is 2.31. The van der Waals surface area contributed by atoms with Crippen molar-refractivity contribution < 1.29 is 27.5 Å².